The highest BCUT2D eigenvalue weighted by molar-refractivity contribution is 6.74. The SMILES string of the molecule is CC1(C)CCC(CO[Si](C)(C)C(C)(C)C)N1Cc1ccccc1. The van der Waals surface area contributed by atoms with Gasteiger partial charge in [-0.2, -0.15) is 0 Å². The van der Waals surface area contributed by atoms with E-state index in [1.807, 2.05) is 0 Å². The molecule has 0 radical (unpaired) electrons. The minimum Gasteiger partial charge on any atom is -0.415 e. The Hall–Kier alpha value is -0.643. The van der Waals surface area contributed by atoms with Crippen molar-refractivity contribution in [3.63, 3.8) is 0 Å². The molecule has 1 saturated heterocycles. The van der Waals surface area contributed by atoms with Gasteiger partial charge in [0.25, 0.3) is 0 Å². The summed E-state index contributed by atoms with van der Waals surface area (Å²) in [6.07, 6.45) is 2.50. The highest BCUT2D eigenvalue weighted by Crippen LogP contribution is 2.39. The van der Waals surface area contributed by atoms with E-state index in [0.29, 0.717) is 6.04 Å². The van der Waals surface area contributed by atoms with E-state index < -0.39 is 8.32 Å². The molecule has 0 amide bonds. The first-order valence-corrected chi connectivity index (χ1v) is 11.9. The lowest BCUT2D eigenvalue weighted by Gasteiger charge is -2.40. The molecule has 2 nitrogen and oxygen atoms in total. The van der Waals surface area contributed by atoms with Crippen LogP contribution in [0.15, 0.2) is 30.3 Å². The van der Waals surface area contributed by atoms with Crippen molar-refractivity contribution in [1.29, 1.82) is 0 Å². The minimum absolute atomic E-state index is 0.261. The fourth-order valence-corrected chi connectivity index (χ4v) is 4.17. The van der Waals surface area contributed by atoms with Gasteiger partial charge in [0.05, 0.1) is 0 Å². The van der Waals surface area contributed by atoms with E-state index in [4.69, 9.17) is 4.43 Å². The molecule has 1 atom stereocenters. The predicted molar refractivity (Wildman–Crippen MR) is 102 cm³/mol. The van der Waals surface area contributed by atoms with Crippen molar-refractivity contribution in [3.05, 3.63) is 35.9 Å². The maximum atomic E-state index is 6.54. The van der Waals surface area contributed by atoms with E-state index >= 15 is 0 Å². The molecule has 2 rings (SSSR count). The van der Waals surface area contributed by atoms with Crippen molar-refractivity contribution in [3.8, 4) is 0 Å². The molecule has 0 bridgehead atoms. The summed E-state index contributed by atoms with van der Waals surface area (Å²) in [5.74, 6) is 0. The van der Waals surface area contributed by atoms with Gasteiger partial charge in [-0.3, -0.25) is 4.90 Å². The van der Waals surface area contributed by atoms with Crippen LogP contribution in [0.3, 0.4) is 0 Å². The Bertz CT molecular complexity index is 504. The van der Waals surface area contributed by atoms with Gasteiger partial charge in [0, 0.05) is 24.7 Å². The number of benzene rings is 1. The second-order valence-corrected chi connectivity index (χ2v) is 14.0. The fraction of sp³-hybridized carbons (Fsp3) is 0.700. The van der Waals surface area contributed by atoms with Crippen molar-refractivity contribution in [1.82, 2.24) is 4.90 Å². The molecule has 1 aliphatic heterocycles. The van der Waals surface area contributed by atoms with Gasteiger partial charge in [0.1, 0.15) is 0 Å². The van der Waals surface area contributed by atoms with E-state index in [1.54, 1.807) is 0 Å². The van der Waals surface area contributed by atoms with Gasteiger partial charge in [-0.15, -0.1) is 0 Å². The number of rotatable bonds is 5. The van der Waals surface area contributed by atoms with Crippen molar-refractivity contribution < 1.29 is 4.43 Å². The van der Waals surface area contributed by atoms with E-state index in [9.17, 15) is 0 Å². The molecule has 1 heterocycles. The van der Waals surface area contributed by atoms with Crippen molar-refractivity contribution in [2.24, 2.45) is 0 Å². The van der Waals surface area contributed by atoms with E-state index in [1.165, 1.54) is 18.4 Å². The Kier molecular flexibility index (Phi) is 5.44. The lowest BCUT2D eigenvalue weighted by atomic mass is 10.0. The van der Waals surface area contributed by atoms with Gasteiger partial charge in [0.2, 0.25) is 0 Å². The minimum atomic E-state index is -1.67. The van der Waals surface area contributed by atoms with Crippen LogP contribution in [-0.4, -0.2) is 31.4 Å². The Labute approximate surface area is 144 Å². The van der Waals surface area contributed by atoms with Gasteiger partial charge in [-0.1, -0.05) is 51.1 Å². The standard InChI is InChI=1S/C20H35NOSi/c1-19(2,3)23(6,7)22-16-18-13-14-20(4,5)21(18)15-17-11-9-8-10-12-17/h8-12,18H,13-16H2,1-7H3. The molecule has 130 valence electrons. The van der Waals surface area contributed by atoms with Crippen LogP contribution in [0.1, 0.15) is 53.0 Å². The number of nitrogens with zero attached hydrogens (tertiary/aromatic N) is 1. The third-order valence-electron chi connectivity index (χ3n) is 5.95. The van der Waals surface area contributed by atoms with Crippen LogP contribution in [0.5, 0.6) is 0 Å². The third kappa shape index (κ3) is 4.46. The third-order valence-corrected chi connectivity index (χ3v) is 10.4. The molecule has 0 saturated carbocycles. The predicted octanol–water partition coefficient (Wildman–Crippen LogP) is 5.45. The second-order valence-electron chi connectivity index (χ2n) is 9.19. The van der Waals surface area contributed by atoms with E-state index in [2.05, 4.69) is 82.9 Å². The summed E-state index contributed by atoms with van der Waals surface area (Å²) in [6.45, 7) is 18.3. The number of hydrogen-bond donors (Lipinski definition) is 0. The van der Waals surface area contributed by atoms with Crippen molar-refractivity contribution >= 4 is 8.32 Å². The van der Waals surface area contributed by atoms with Crippen molar-refractivity contribution in [2.45, 2.75) is 83.7 Å². The van der Waals surface area contributed by atoms with Gasteiger partial charge in [-0.05, 0) is 50.4 Å². The molecule has 1 fully saturated rings. The molecule has 0 N–H and O–H groups in total. The Morgan fingerprint density at radius 3 is 2.35 bits per heavy atom. The number of hydrogen-bond acceptors (Lipinski definition) is 2. The van der Waals surface area contributed by atoms with Gasteiger partial charge in [-0.25, -0.2) is 0 Å². The molecular weight excluding hydrogens is 298 g/mol. The summed E-state index contributed by atoms with van der Waals surface area (Å²) < 4.78 is 6.54. The normalized spacial score (nSPS) is 22.5. The molecular formula is C20H35NOSi. The monoisotopic (exact) mass is 333 g/mol. The topological polar surface area (TPSA) is 12.5 Å². The zero-order chi connectivity index (χ0) is 17.3. The molecule has 0 spiro atoms. The first-order valence-electron chi connectivity index (χ1n) is 8.98. The van der Waals surface area contributed by atoms with Gasteiger partial charge in [0.15, 0.2) is 8.32 Å². The van der Waals surface area contributed by atoms with Crippen LogP contribution in [0, 0.1) is 0 Å². The summed E-state index contributed by atoms with van der Waals surface area (Å²) in [4.78, 5) is 2.66. The molecule has 3 heteroatoms. The molecule has 1 aliphatic rings. The highest BCUT2D eigenvalue weighted by atomic mass is 28.4. The maximum Gasteiger partial charge on any atom is 0.192 e. The first-order chi connectivity index (χ1) is 10.5. The van der Waals surface area contributed by atoms with Crippen LogP contribution < -0.4 is 0 Å². The summed E-state index contributed by atoms with van der Waals surface area (Å²) in [7, 11) is -1.67. The Morgan fingerprint density at radius 1 is 1.17 bits per heavy atom. The molecule has 1 unspecified atom stereocenters. The van der Waals surface area contributed by atoms with Crippen LogP contribution in [0.2, 0.25) is 18.1 Å². The smallest absolute Gasteiger partial charge is 0.192 e. The highest BCUT2D eigenvalue weighted by Gasteiger charge is 2.42. The summed E-state index contributed by atoms with van der Waals surface area (Å²) in [5, 5.41) is 0.283. The van der Waals surface area contributed by atoms with E-state index in [0.717, 1.165) is 13.2 Å². The quantitative estimate of drug-likeness (QED) is 0.664. The molecule has 1 aromatic carbocycles. The molecule has 23 heavy (non-hydrogen) atoms. The van der Waals surface area contributed by atoms with Crippen LogP contribution in [0.4, 0.5) is 0 Å². The second kappa shape index (κ2) is 6.70. The zero-order valence-corrected chi connectivity index (χ0v) is 17.1. The largest absolute Gasteiger partial charge is 0.415 e. The Balaban J connectivity index is 2.06. The first kappa shape index (κ1) is 18.7. The van der Waals surface area contributed by atoms with E-state index in [-0.39, 0.29) is 10.6 Å². The van der Waals surface area contributed by atoms with Gasteiger partial charge < -0.3 is 4.43 Å². The van der Waals surface area contributed by atoms with Crippen LogP contribution in [0.25, 0.3) is 0 Å². The summed E-state index contributed by atoms with van der Waals surface area (Å²) in [5.41, 5.74) is 1.66. The Morgan fingerprint density at radius 2 is 1.78 bits per heavy atom. The fourth-order valence-electron chi connectivity index (χ4n) is 3.13. The van der Waals surface area contributed by atoms with Crippen LogP contribution in [-0.2, 0) is 11.0 Å². The van der Waals surface area contributed by atoms with Crippen LogP contribution >= 0.6 is 0 Å². The van der Waals surface area contributed by atoms with Gasteiger partial charge >= 0.3 is 0 Å². The molecule has 0 aromatic heterocycles. The maximum absolute atomic E-state index is 6.54. The zero-order valence-electron chi connectivity index (χ0n) is 16.1. The van der Waals surface area contributed by atoms with Crippen molar-refractivity contribution in [2.75, 3.05) is 6.61 Å². The molecule has 1 aromatic rings. The summed E-state index contributed by atoms with van der Waals surface area (Å²) >= 11 is 0. The summed E-state index contributed by atoms with van der Waals surface area (Å²) in [6, 6.07) is 11.4. The average Bonchev–Trinajstić information content (AvgIpc) is 2.72. The lowest BCUT2D eigenvalue weighted by Crippen LogP contribution is -2.48. The average molecular weight is 334 g/mol. The number of likely N-dealkylation sites (tertiary alicyclic amines) is 1. The molecule has 0 aliphatic carbocycles. The lowest BCUT2D eigenvalue weighted by molar-refractivity contribution is 0.0845.